The van der Waals surface area contributed by atoms with Gasteiger partial charge in [-0.15, -0.1) is 10.2 Å². The maximum Gasteiger partial charge on any atom is 0.338 e. The average Bonchev–Trinajstić information content (AvgIpc) is 3.65. The molecule has 0 N–H and O–H groups in total. The maximum absolute atomic E-state index is 13.4. The smallest absolute Gasteiger partial charge is 0.338 e. The molecule has 4 atom stereocenters. The highest BCUT2D eigenvalue weighted by Gasteiger charge is 2.52. The first-order chi connectivity index (χ1) is 21.4. The van der Waals surface area contributed by atoms with Crippen molar-refractivity contribution in [3.05, 3.63) is 124 Å². The SMILES string of the molecule is O=C(OC[C@H]1O[C@@H](n2cnc3c(Cl)nnc(Cl)c32)[C@H](OC(=O)c2ccccc2)[C@@H]1OC(=O)c1ccccc1)c1ccccc1. The van der Waals surface area contributed by atoms with Crippen molar-refractivity contribution in [3.8, 4) is 0 Å². The molecule has 2 aromatic heterocycles. The molecule has 1 saturated heterocycles. The van der Waals surface area contributed by atoms with Crippen LogP contribution in [0.1, 0.15) is 37.3 Å². The Bertz CT molecular complexity index is 1810. The van der Waals surface area contributed by atoms with Crippen LogP contribution >= 0.6 is 23.2 Å². The molecule has 5 aromatic rings. The van der Waals surface area contributed by atoms with Crippen LogP contribution in [0.3, 0.4) is 0 Å². The maximum atomic E-state index is 13.4. The summed E-state index contributed by atoms with van der Waals surface area (Å²) in [6.45, 7) is -0.350. The summed E-state index contributed by atoms with van der Waals surface area (Å²) in [7, 11) is 0. The highest BCUT2D eigenvalue weighted by molar-refractivity contribution is 6.37. The van der Waals surface area contributed by atoms with Crippen molar-refractivity contribution >= 4 is 52.1 Å². The molecule has 0 bridgehead atoms. The molecule has 1 aliphatic rings. The molecule has 1 fully saturated rings. The van der Waals surface area contributed by atoms with Crippen molar-refractivity contribution in [1.82, 2.24) is 19.7 Å². The third-order valence-corrected chi connectivity index (χ3v) is 7.37. The van der Waals surface area contributed by atoms with Gasteiger partial charge in [0, 0.05) is 0 Å². The van der Waals surface area contributed by atoms with Crippen molar-refractivity contribution in [3.63, 3.8) is 0 Å². The zero-order valence-corrected chi connectivity index (χ0v) is 24.2. The van der Waals surface area contributed by atoms with E-state index in [1.54, 1.807) is 91.0 Å². The van der Waals surface area contributed by atoms with Gasteiger partial charge in [-0.1, -0.05) is 77.8 Å². The second-order valence-corrected chi connectivity index (χ2v) is 10.3. The van der Waals surface area contributed by atoms with Gasteiger partial charge in [0.1, 0.15) is 23.7 Å². The van der Waals surface area contributed by atoms with Crippen molar-refractivity contribution in [2.24, 2.45) is 0 Å². The number of carbonyl (C=O) groups is 3. The van der Waals surface area contributed by atoms with Crippen molar-refractivity contribution < 1.29 is 33.3 Å². The number of rotatable bonds is 8. The lowest BCUT2D eigenvalue weighted by molar-refractivity contribution is -0.0604. The minimum atomic E-state index is -1.27. The van der Waals surface area contributed by atoms with Gasteiger partial charge in [-0.2, -0.15) is 0 Å². The first-order valence-electron chi connectivity index (χ1n) is 13.3. The van der Waals surface area contributed by atoms with E-state index in [2.05, 4.69) is 15.2 Å². The fraction of sp³-hybridized carbons (Fsp3) is 0.161. The molecule has 0 amide bonds. The lowest BCUT2D eigenvalue weighted by Crippen LogP contribution is -2.41. The van der Waals surface area contributed by atoms with Gasteiger partial charge >= 0.3 is 17.9 Å². The molecule has 0 saturated carbocycles. The average molecular weight is 633 g/mol. The molecule has 0 radical (unpaired) electrons. The van der Waals surface area contributed by atoms with E-state index < -0.39 is 42.4 Å². The second-order valence-electron chi connectivity index (χ2n) is 9.63. The highest BCUT2D eigenvalue weighted by atomic mass is 35.5. The topological polar surface area (TPSA) is 132 Å². The Balaban J connectivity index is 1.39. The Morgan fingerprint density at radius 2 is 1.20 bits per heavy atom. The number of halogens is 2. The van der Waals surface area contributed by atoms with E-state index in [1.807, 2.05) is 0 Å². The van der Waals surface area contributed by atoms with Gasteiger partial charge < -0.3 is 18.9 Å². The minimum absolute atomic E-state index is 0.0145. The molecule has 13 heteroatoms. The summed E-state index contributed by atoms with van der Waals surface area (Å²) < 4.78 is 25.3. The van der Waals surface area contributed by atoms with Crippen molar-refractivity contribution in [2.45, 2.75) is 24.5 Å². The largest absolute Gasteiger partial charge is 0.459 e. The molecule has 0 unspecified atom stereocenters. The van der Waals surface area contributed by atoms with Gasteiger partial charge in [0.25, 0.3) is 0 Å². The molecule has 3 aromatic carbocycles. The molecule has 0 spiro atoms. The van der Waals surface area contributed by atoms with Gasteiger partial charge in [0.15, 0.2) is 28.7 Å². The summed E-state index contributed by atoms with van der Waals surface area (Å²) in [5.74, 6) is -2.04. The molecule has 6 rings (SSSR count). The van der Waals surface area contributed by atoms with E-state index in [9.17, 15) is 14.4 Å². The Kier molecular flexibility index (Phi) is 8.51. The Labute approximate surface area is 260 Å². The zero-order chi connectivity index (χ0) is 30.6. The summed E-state index contributed by atoms with van der Waals surface area (Å²) in [5, 5.41) is 7.60. The lowest BCUT2D eigenvalue weighted by atomic mass is 10.1. The van der Waals surface area contributed by atoms with Crippen LogP contribution in [0.5, 0.6) is 0 Å². The van der Waals surface area contributed by atoms with E-state index in [1.165, 1.54) is 10.9 Å². The van der Waals surface area contributed by atoms with Crippen LogP contribution < -0.4 is 0 Å². The van der Waals surface area contributed by atoms with Crippen LogP contribution in [-0.2, 0) is 18.9 Å². The van der Waals surface area contributed by atoms with Gasteiger partial charge in [-0.05, 0) is 36.4 Å². The van der Waals surface area contributed by atoms with E-state index in [0.29, 0.717) is 5.56 Å². The highest BCUT2D eigenvalue weighted by Crippen LogP contribution is 2.38. The van der Waals surface area contributed by atoms with Crippen molar-refractivity contribution in [1.29, 1.82) is 0 Å². The molecular formula is C31H22Cl2N4O7. The van der Waals surface area contributed by atoms with Crippen LogP contribution in [0.2, 0.25) is 10.3 Å². The Hall–Kier alpha value is -4.84. The standard InChI is InChI=1S/C31H22Cl2N4O7/c32-26-22-23(27(33)36-35-26)37(17-34-22)28-25(44-31(40)20-14-8-3-9-15-20)24(43-30(39)19-12-6-2-7-13-19)21(42-28)16-41-29(38)18-10-4-1-5-11-18/h1-15,17,21,24-25,28H,16H2/t21-,24-,25-,28-/m1/s1. The number of imidazole rings is 1. The second kappa shape index (κ2) is 12.8. The summed E-state index contributed by atoms with van der Waals surface area (Å²) in [4.78, 5) is 43.8. The number of benzene rings is 3. The fourth-order valence-corrected chi connectivity index (χ4v) is 5.17. The third kappa shape index (κ3) is 5.98. The Morgan fingerprint density at radius 3 is 1.77 bits per heavy atom. The van der Waals surface area contributed by atoms with E-state index in [4.69, 9.17) is 42.1 Å². The fourth-order valence-electron chi connectivity index (χ4n) is 4.77. The minimum Gasteiger partial charge on any atom is -0.459 e. The predicted octanol–water partition coefficient (Wildman–Crippen LogP) is 5.34. The van der Waals surface area contributed by atoms with Crippen molar-refractivity contribution in [2.75, 3.05) is 6.61 Å². The number of hydrogen-bond acceptors (Lipinski definition) is 10. The monoisotopic (exact) mass is 632 g/mol. The zero-order valence-electron chi connectivity index (χ0n) is 22.7. The van der Waals surface area contributed by atoms with Crippen LogP contribution in [0, 0.1) is 0 Å². The first kappa shape index (κ1) is 29.2. The van der Waals surface area contributed by atoms with Gasteiger partial charge in [0.05, 0.1) is 23.0 Å². The van der Waals surface area contributed by atoms with E-state index in [0.717, 1.165) is 0 Å². The normalized spacial score (nSPS) is 19.4. The van der Waals surface area contributed by atoms with Crippen LogP contribution in [0.4, 0.5) is 0 Å². The predicted molar refractivity (Wildman–Crippen MR) is 157 cm³/mol. The van der Waals surface area contributed by atoms with Gasteiger partial charge in [-0.3, -0.25) is 4.57 Å². The van der Waals surface area contributed by atoms with Gasteiger partial charge in [0.2, 0.25) is 0 Å². The lowest BCUT2D eigenvalue weighted by Gasteiger charge is -2.25. The van der Waals surface area contributed by atoms with E-state index >= 15 is 0 Å². The van der Waals surface area contributed by atoms with Crippen LogP contribution in [0.25, 0.3) is 11.0 Å². The summed E-state index contributed by atoms with van der Waals surface area (Å²) in [5.41, 5.74) is 1.28. The quantitative estimate of drug-likeness (QED) is 0.163. The molecule has 3 heterocycles. The van der Waals surface area contributed by atoms with Crippen LogP contribution in [0.15, 0.2) is 97.3 Å². The number of fused-ring (bicyclic) bond motifs is 1. The molecule has 44 heavy (non-hydrogen) atoms. The number of aromatic nitrogens is 4. The Morgan fingerprint density at radius 1 is 0.705 bits per heavy atom. The number of nitrogens with zero attached hydrogens (tertiary/aromatic N) is 4. The summed E-state index contributed by atoms with van der Waals surface area (Å²) in [6.07, 6.45) is -3.40. The number of esters is 3. The number of hydrogen-bond donors (Lipinski definition) is 0. The summed E-state index contributed by atoms with van der Waals surface area (Å²) >= 11 is 12.6. The van der Waals surface area contributed by atoms with Gasteiger partial charge in [-0.25, -0.2) is 19.4 Å². The molecular weight excluding hydrogens is 611 g/mol. The molecule has 1 aliphatic heterocycles. The third-order valence-electron chi connectivity index (χ3n) is 6.86. The number of carbonyl (C=O) groups excluding carboxylic acids is 3. The van der Waals surface area contributed by atoms with E-state index in [-0.39, 0.29) is 39.1 Å². The molecule has 222 valence electrons. The van der Waals surface area contributed by atoms with Crippen LogP contribution in [-0.4, -0.2) is 62.6 Å². The number of ether oxygens (including phenoxy) is 4. The first-order valence-corrected chi connectivity index (χ1v) is 14.1. The molecule has 11 nitrogen and oxygen atoms in total. The molecule has 0 aliphatic carbocycles. The summed E-state index contributed by atoms with van der Waals surface area (Å²) in [6, 6.07) is 24.9.